The molecule has 15 heavy (non-hydrogen) atoms. The highest BCUT2D eigenvalue weighted by Crippen LogP contribution is 2.49. The number of carboxylic acid groups (broad SMARTS) is 1. The third kappa shape index (κ3) is 1.28. The maximum Gasteiger partial charge on any atom is 0.353 e. The minimum atomic E-state index is -1.08. The molecule has 3 atom stereocenters. The monoisotopic (exact) mass is 229 g/mol. The van der Waals surface area contributed by atoms with Gasteiger partial charge in [0.2, 0.25) is 5.91 Å². The van der Waals surface area contributed by atoms with Crippen LogP contribution in [-0.2, 0) is 9.59 Å². The number of rotatable bonds is 2. The molecule has 2 unspecified atom stereocenters. The summed E-state index contributed by atoms with van der Waals surface area (Å²) in [5.74, 6) is -1.85. The summed E-state index contributed by atoms with van der Waals surface area (Å²) >= 11 is 1.34. The number of carbonyl (C=O) groups is 2. The number of hydrogen-bond acceptors (Lipinski definition) is 4. The molecule has 2 aliphatic rings. The lowest BCUT2D eigenvalue weighted by atomic mass is 9.92. The number of thioether (sulfide) groups is 1. The van der Waals surface area contributed by atoms with E-state index < -0.39 is 18.0 Å². The van der Waals surface area contributed by atoms with Crippen molar-refractivity contribution in [2.45, 2.75) is 25.3 Å². The Balaban J connectivity index is 2.27. The Morgan fingerprint density at radius 2 is 2.20 bits per heavy atom. The largest absolute Gasteiger partial charge is 0.477 e. The van der Waals surface area contributed by atoms with Crippen LogP contribution in [0.1, 0.15) is 13.8 Å². The number of fused-ring (bicyclic) bond motifs is 1. The Kier molecular flexibility index (Phi) is 2.27. The topological polar surface area (TPSA) is 77.8 Å². The van der Waals surface area contributed by atoms with Crippen LogP contribution in [0, 0.1) is 5.92 Å². The molecule has 0 aromatic carbocycles. The van der Waals surface area contributed by atoms with Gasteiger partial charge in [-0.2, -0.15) is 0 Å². The van der Waals surface area contributed by atoms with Crippen LogP contribution in [0.25, 0.3) is 0 Å². The maximum absolute atomic E-state index is 11.6. The van der Waals surface area contributed by atoms with Crippen molar-refractivity contribution >= 4 is 23.6 Å². The van der Waals surface area contributed by atoms with E-state index in [4.69, 9.17) is 5.11 Å². The summed E-state index contributed by atoms with van der Waals surface area (Å²) in [5.41, 5.74) is 0.0619. The van der Waals surface area contributed by atoms with Crippen LogP contribution in [0.4, 0.5) is 0 Å². The number of carboxylic acids is 1. The van der Waals surface area contributed by atoms with Crippen LogP contribution in [0.3, 0.4) is 0 Å². The molecular formula is C9H11NO4S. The molecule has 0 bridgehead atoms. The van der Waals surface area contributed by atoms with E-state index in [0.29, 0.717) is 4.91 Å². The molecule has 6 heteroatoms. The highest BCUT2D eigenvalue weighted by atomic mass is 32.2. The summed E-state index contributed by atoms with van der Waals surface area (Å²) in [6, 6.07) is 0. The molecule has 1 saturated heterocycles. The number of hydrogen-bond donors (Lipinski definition) is 2. The second kappa shape index (κ2) is 3.24. The zero-order valence-electron chi connectivity index (χ0n) is 8.30. The lowest BCUT2D eigenvalue weighted by Gasteiger charge is -2.43. The highest BCUT2D eigenvalue weighted by molar-refractivity contribution is 8.04. The molecule has 2 heterocycles. The Labute approximate surface area is 90.8 Å². The summed E-state index contributed by atoms with van der Waals surface area (Å²) < 4.78 is 0. The van der Waals surface area contributed by atoms with Crippen molar-refractivity contribution in [1.29, 1.82) is 0 Å². The van der Waals surface area contributed by atoms with E-state index in [1.54, 1.807) is 13.8 Å². The second-order valence-electron chi connectivity index (χ2n) is 3.69. The van der Waals surface area contributed by atoms with Crippen LogP contribution < -0.4 is 0 Å². The van der Waals surface area contributed by atoms with Crippen molar-refractivity contribution in [3.63, 3.8) is 0 Å². The normalized spacial score (nSPS) is 31.4. The van der Waals surface area contributed by atoms with Gasteiger partial charge in [-0.3, -0.25) is 9.69 Å². The lowest BCUT2D eigenvalue weighted by molar-refractivity contribution is -0.156. The fraction of sp³-hybridized carbons (Fsp3) is 0.556. The average molecular weight is 229 g/mol. The molecule has 5 nitrogen and oxygen atoms in total. The molecule has 2 aliphatic heterocycles. The predicted molar refractivity (Wildman–Crippen MR) is 53.7 cm³/mol. The minimum absolute atomic E-state index is 0.0619. The van der Waals surface area contributed by atoms with Crippen molar-refractivity contribution in [3.05, 3.63) is 10.6 Å². The van der Waals surface area contributed by atoms with Gasteiger partial charge in [0.05, 0.1) is 12.0 Å². The van der Waals surface area contributed by atoms with Crippen LogP contribution >= 0.6 is 11.8 Å². The van der Waals surface area contributed by atoms with Crippen molar-refractivity contribution < 1.29 is 19.8 Å². The average Bonchev–Trinajstić information content (AvgIpc) is 2.38. The van der Waals surface area contributed by atoms with E-state index in [0.717, 1.165) is 0 Å². The fourth-order valence-corrected chi connectivity index (χ4v) is 3.42. The first kappa shape index (κ1) is 10.5. The van der Waals surface area contributed by atoms with E-state index in [9.17, 15) is 14.7 Å². The number of allylic oxidation sites excluding steroid dienone is 1. The van der Waals surface area contributed by atoms with E-state index >= 15 is 0 Å². The number of carbonyl (C=O) groups excluding carboxylic acids is 1. The van der Waals surface area contributed by atoms with Gasteiger partial charge in [-0.15, -0.1) is 11.8 Å². The molecular weight excluding hydrogens is 218 g/mol. The van der Waals surface area contributed by atoms with E-state index in [1.807, 2.05) is 0 Å². The highest BCUT2D eigenvalue weighted by Gasteiger charge is 2.56. The van der Waals surface area contributed by atoms with Crippen molar-refractivity contribution in [2.75, 3.05) is 0 Å². The second-order valence-corrected chi connectivity index (χ2v) is 5.02. The van der Waals surface area contributed by atoms with Crippen molar-refractivity contribution in [1.82, 2.24) is 4.90 Å². The molecule has 0 saturated carbocycles. The van der Waals surface area contributed by atoms with Crippen LogP contribution in [0.5, 0.6) is 0 Å². The molecule has 2 rings (SSSR count). The van der Waals surface area contributed by atoms with E-state index in [-0.39, 0.29) is 17.0 Å². The quantitative estimate of drug-likeness (QED) is 0.662. The number of aliphatic hydroxyl groups excluding tert-OH is 1. The smallest absolute Gasteiger partial charge is 0.353 e. The Bertz CT molecular complexity index is 376. The van der Waals surface area contributed by atoms with Crippen LogP contribution in [0.15, 0.2) is 10.6 Å². The number of amides is 1. The van der Waals surface area contributed by atoms with Gasteiger partial charge in [0.1, 0.15) is 11.1 Å². The zero-order chi connectivity index (χ0) is 11.3. The first-order valence-electron chi connectivity index (χ1n) is 4.57. The van der Waals surface area contributed by atoms with Gasteiger partial charge in [-0.05, 0) is 13.8 Å². The molecule has 0 spiro atoms. The third-order valence-corrected chi connectivity index (χ3v) is 3.97. The maximum atomic E-state index is 11.6. The molecule has 1 amide bonds. The van der Waals surface area contributed by atoms with Gasteiger partial charge in [-0.25, -0.2) is 4.79 Å². The molecule has 1 fully saturated rings. The zero-order valence-corrected chi connectivity index (χ0v) is 9.11. The van der Waals surface area contributed by atoms with Crippen LogP contribution in [0.2, 0.25) is 0 Å². The van der Waals surface area contributed by atoms with Crippen molar-refractivity contribution in [2.24, 2.45) is 5.92 Å². The number of aliphatic carboxylic acids is 1. The van der Waals surface area contributed by atoms with E-state index in [2.05, 4.69) is 0 Å². The van der Waals surface area contributed by atoms with Gasteiger partial charge in [0.15, 0.2) is 0 Å². The molecule has 0 aromatic heterocycles. The fourth-order valence-electron chi connectivity index (χ4n) is 1.95. The molecule has 0 aliphatic carbocycles. The van der Waals surface area contributed by atoms with Gasteiger partial charge < -0.3 is 10.2 Å². The minimum Gasteiger partial charge on any atom is -0.477 e. The molecule has 0 aromatic rings. The third-order valence-electron chi connectivity index (χ3n) is 2.68. The standard InChI is InChI=1S/C9H11NO4S/c1-3(11)5-7(12)10-6(9(13)14)4(2)15-8(5)10/h3,5,8,11H,1-2H3,(H,13,14)/t3?,5?,8-/m1/s1. The summed E-state index contributed by atoms with van der Waals surface area (Å²) in [6.07, 6.45) is -0.729. The molecule has 82 valence electrons. The lowest BCUT2D eigenvalue weighted by Crippen LogP contribution is -2.60. The van der Waals surface area contributed by atoms with Gasteiger partial charge in [0, 0.05) is 4.91 Å². The van der Waals surface area contributed by atoms with Gasteiger partial charge in [0.25, 0.3) is 0 Å². The Morgan fingerprint density at radius 3 is 2.67 bits per heavy atom. The molecule has 0 radical (unpaired) electrons. The number of nitrogens with zero attached hydrogens (tertiary/aromatic N) is 1. The van der Waals surface area contributed by atoms with Crippen molar-refractivity contribution in [3.8, 4) is 0 Å². The number of aliphatic hydroxyl groups is 1. The number of β-lactam (4-membered cyclic amide) rings is 1. The predicted octanol–water partition coefficient (Wildman–Crippen LogP) is 0.215. The van der Waals surface area contributed by atoms with E-state index in [1.165, 1.54) is 16.7 Å². The van der Waals surface area contributed by atoms with Crippen LogP contribution in [-0.4, -0.2) is 38.5 Å². The van der Waals surface area contributed by atoms with Gasteiger partial charge in [-0.1, -0.05) is 0 Å². The molecule has 2 N–H and O–H groups in total. The summed E-state index contributed by atoms with van der Waals surface area (Å²) in [6.45, 7) is 3.23. The summed E-state index contributed by atoms with van der Waals surface area (Å²) in [7, 11) is 0. The Morgan fingerprint density at radius 1 is 1.60 bits per heavy atom. The summed E-state index contributed by atoms with van der Waals surface area (Å²) in [5, 5.41) is 18.1. The first-order valence-corrected chi connectivity index (χ1v) is 5.45. The first-order chi connectivity index (χ1) is 6.95. The van der Waals surface area contributed by atoms with Gasteiger partial charge >= 0.3 is 5.97 Å². The Hall–Kier alpha value is -1.01. The SMILES string of the molecule is CC1=C(C(=O)O)N2C(=O)C(C(C)O)[C@H]2S1. The summed E-state index contributed by atoms with van der Waals surface area (Å²) in [4.78, 5) is 24.4.